The van der Waals surface area contributed by atoms with Crippen LogP contribution in [-0.4, -0.2) is 24.9 Å². The summed E-state index contributed by atoms with van der Waals surface area (Å²) >= 11 is 0. The maximum Gasteiger partial charge on any atom is 0.182 e. The fourth-order valence-electron chi connectivity index (χ4n) is 3.17. The van der Waals surface area contributed by atoms with Crippen LogP contribution >= 0.6 is 0 Å². The van der Waals surface area contributed by atoms with E-state index in [4.69, 9.17) is 0 Å². The molecule has 0 aliphatic carbocycles. The number of pyridine rings is 2. The smallest absolute Gasteiger partial charge is 0.182 e. The van der Waals surface area contributed by atoms with E-state index in [9.17, 15) is 0 Å². The first kappa shape index (κ1) is 17.8. The lowest BCUT2D eigenvalue weighted by Crippen LogP contribution is -2.01. The Labute approximate surface area is 174 Å². The van der Waals surface area contributed by atoms with E-state index in [1.165, 1.54) is 5.56 Å². The van der Waals surface area contributed by atoms with Crippen molar-refractivity contribution in [1.29, 1.82) is 0 Å². The molecule has 0 saturated carbocycles. The molecule has 3 aromatic heterocycles. The van der Waals surface area contributed by atoms with Gasteiger partial charge in [0.2, 0.25) is 0 Å². The van der Waals surface area contributed by atoms with E-state index in [1.807, 2.05) is 66.7 Å². The zero-order valence-corrected chi connectivity index (χ0v) is 16.1. The third-order valence-electron chi connectivity index (χ3n) is 4.67. The molecule has 142 valence electrons. The van der Waals surface area contributed by atoms with E-state index in [-0.39, 0.29) is 0 Å². The standard InChI is InChI=1S/C25H17N5/c1-2-8-18(9-3-1)19-12-14-20(15-13-19)23-28-24(21-10-4-6-16-26-21)30-25(29-23)22-11-5-7-17-27-22/h1-17H. The third-order valence-corrected chi connectivity index (χ3v) is 4.67. The maximum absolute atomic E-state index is 4.69. The number of hydrogen-bond donors (Lipinski definition) is 0. The molecule has 0 N–H and O–H groups in total. The highest BCUT2D eigenvalue weighted by molar-refractivity contribution is 5.69. The van der Waals surface area contributed by atoms with Crippen LogP contribution in [0.25, 0.3) is 45.6 Å². The first-order chi connectivity index (χ1) is 14.9. The summed E-state index contributed by atoms with van der Waals surface area (Å²) in [4.78, 5) is 22.8. The lowest BCUT2D eigenvalue weighted by Gasteiger charge is -2.08. The molecule has 0 spiro atoms. The Morgan fingerprint density at radius 3 is 1.37 bits per heavy atom. The summed E-state index contributed by atoms with van der Waals surface area (Å²) in [5, 5.41) is 0. The molecule has 5 aromatic rings. The SMILES string of the molecule is c1ccc(-c2ccc(-c3nc(-c4ccccn4)nc(-c4ccccn4)n3)cc2)cc1. The predicted molar refractivity (Wildman–Crippen MR) is 117 cm³/mol. The van der Waals surface area contributed by atoms with Crippen molar-refractivity contribution in [2.24, 2.45) is 0 Å². The Bertz CT molecular complexity index is 1200. The van der Waals surface area contributed by atoms with Crippen molar-refractivity contribution in [3.63, 3.8) is 0 Å². The van der Waals surface area contributed by atoms with Crippen LogP contribution in [-0.2, 0) is 0 Å². The largest absolute Gasteiger partial charge is 0.253 e. The van der Waals surface area contributed by atoms with E-state index in [0.29, 0.717) is 28.9 Å². The summed E-state index contributed by atoms with van der Waals surface area (Å²) in [6.07, 6.45) is 3.46. The van der Waals surface area contributed by atoms with Crippen molar-refractivity contribution in [2.45, 2.75) is 0 Å². The normalized spacial score (nSPS) is 10.7. The molecule has 2 aromatic carbocycles. The first-order valence-corrected chi connectivity index (χ1v) is 9.61. The summed E-state index contributed by atoms with van der Waals surface area (Å²) in [7, 11) is 0. The van der Waals surface area contributed by atoms with E-state index in [1.54, 1.807) is 12.4 Å². The molecule has 0 unspecified atom stereocenters. The average molecular weight is 387 g/mol. The lowest BCUT2D eigenvalue weighted by atomic mass is 10.0. The van der Waals surface area contributed by atoms with Crippen LogP contribution in [0.5, 0.6) is 0 Å². The Morgan fingerprint density at radius 2 is 0.833 bits per heavy atom. The number of rotatable bonds is 4. The zero-order valence-electron chi connectivity index (χ0n) is 16.1. The van der Waals surface area contributed by atoms with Crippen LogP contribution in [0.4, 0.5) is 0 Å². The molecule has 3 heterocycles. The van der Waals surface area contributed by atoms with Gasteiger partial charge >= 0.3 is 0 Å². The maximum atomic E-state index is 4.69. The summed E-state index contributed by atoms with van der Waals surface area (Å²) in [5.41, 5.74) is 4.61. The number of aromatic nitrogens is 5. The number of benzene rings is 2. The Balaban J connectivity index is 1.60. The molecule has 0 saturated heterocycles. The Kier molecular flexibility index (Phi) is 4.76. The van der Waals surface area contributed by atoms with Gasteiger partial charge in [-0.25, -0.2) is 15.0 Å². The summed E-state index contributed by atoms with van der Waals surface area (Å²) in [5.74, 6) is 1.63. The minimum Gasteiger partial charge on any atom is -0.253 e. The highest BCUT2D eigenvalue weighted by atomic mass is 15.1. The highest BCUT2D eigenvalue weighted by Gasteiger charge is 2.13. The minimum absolute atomic E-state index is 0.522. The fourth-order valence-corrected chi connectivity index (χ4v) is 3.17. The van der Waals surface area contributed by atoms with Crippen molar-refractivity contribution in [2.75, 3.05) is 0 Å². The van der Waals surface area contributed by atoms with Crippen molar-refractivity contribution >= 4 is 0 Å². The summed E-state index contributed by atoms with van der Waals surface area (Å²) in [6, 6.07) is 29.8. The molecule has 5 heteroatoms. The van der Waals surface area contributed by atoms with Crippen molar-refractivity contribution in [1.82, 2.24) is 24.9 Å². The molecule has 5 rings (SSSR count). The van der Waals surface area contributed by atoms with Crippen LogP contribution in [0, 0.1) is 0 Å². The van der Waals surface area contributed by atoms with Crippen LogP contribution < -0.4 is 0 Å². The summed E-state index contributed by atoms with van der Waals surface area (Å²) in [6.45, 7) is 0. The molecular formula is C25H17N5. The van der Waals surface area contributed by atoms with Crippen LogP contribution in [0.1, 0.15) is 0 Å². The van der Waals surface area contributed by atoms with Gasteiger partial charge in [0.05, 0.1) is 0 Å². The topological polar surface area (TPSA) is 64.5 Å². The zero-order chi connectivity index (χ0) is 20.2. The second-order valence-corrected chi connectivity index (χ2v) is 6.68. The molecule has 0 fully saturated rings. The van der Waals surface area contributed by atoms with Gasteiger partial charge in [0.15, 0.2) is 17.5 Å². The molecular weight excluding hydrogens is 370 g/mol. The van der Waals surface area contributed by atoms with Crippen molar-refractivity contribution in [3.8, 4) is 45.6 Å². The molecule has 0 bridgehead atoms. The summed E-state index contributed by atoms with van der Waals surface area (Å²) < 4.78 is 0. The van der Waals surface area contributed by atoms with E-state index >= 15 is 0 Å². The Hall–Kier alpha value is -4.25. The van der Waals surface area contributed by atoms with Gasteiger partial charge in [0.1, 0.15) is 11.4 Å². The number of hydrogen-bond acceptors (Lipinski definition) is 5. The van der Waals surface area contributed by atoms with Gasteiger partial charge in [0.25, 0.3) is 0 Å². The van der Waals surface area contributed by atoms with E-state index in [2.05, 4.69) is 49.2 Å². The van der Waals surface area contributed by atoms with Crippen molar-refractivity contribution < 1.29 is 0 Å². The van der Waals surface area contributed by atoms with E-state index < -0.39 is 0 Å². The molecule has 30 heavy (non-hydrogen) atoms. The molecule has 0 atom stereocenters. The van der Waals surface area contributed by atoms with Gasteiger partial charge in [0, 0.05) is 18.0 Å². The molecule has 0 aliphatic rings. The van der Waals surface area contributed by atoms with Crippen LogP contribution in [0.3, 0.4) is 0 Å². The molecule has 5 nitrogen and oxygen atoms in total. The second kappa shape index (κ2) is 8.01. The van der Waals surface area contributed by atoms with Gasteiger partial charge in [-0.2, -0.15) is 0 Å². The highest BCUT2D eigenvalue weighted by Crippen LogP contribution is 2.25. The van der Waals surface area contributed by atoms with Crippen molar-refractivity contribution in [3.05, 3.63) is 103 Å². The third kappa shape index (κ3) is 3.69. The van der Waals surface area contributed by atoms with Gasteiger partial charge in [-0.05, 0) is 35.4 Å². The minimum atomic E-state index is 0.522. The van der Waals surface area contributed by atoms with Crippen LogP contribution in [0.15, 0.2) is 103 Å². The second-order valence-electron chi connectivity index (χ2n) is 6.68. The lowest BCUT2D eigenvalue weighted by molar-refractivity contribution is 1.05. The van der Waals surface area contributed by atoms with Gasteiger partial charge < -0.3 is 0 Å². The predicted octanol–water partition coefficient (Wildman–Crippen LogP) is 5.33. The van der Waals surface area contributed by atoms with Crippen LogP contribution in [0.2, 0.25) is 0 Å². The van der Waals surface area contributed by atoms with Gasteiger partial charge in [-0.3, -0.25) is 9.97 Å². The molecule has 0 amide bonds. The monoisotopic (exact) mass is 387 g/mol. The molecule has 0 radical (unpaired) electrons. The number of nitrogens with zero attached hydrogens (tertiary/aromatic N) is 5. The quantitative estimate of drug-likeness (QED) is 0.417. The first-order valence-electron chi connectivity index (χ1n) is 9.61. The van der Waals surface area contributed by atoms with Gasteiger partial charge in [-0.1, -0.05) is 66.7 Å². The average Bonchev–Trinajstić information content (AvgIpc) is 2.85. The Morgan fingerprint density at radius 1 is 0.367 bits per heavy atom. The van der Waals surface area contributed by atoms with Gasteiger partial charge in [-0.15, -0.1) is 0 Å². The molecule has 0 aliphatic heterocycles. The van der Waals surface area contributed by atoms with E-state index in [0.717, 1.165) is 11.1 Å². The fraction of sp³-hybridized carbons (Fsp3) is 0.